The van der Waals surface area contributed by atoms with Crippen LogP contribution in [0, 0.1) is 6.92 Å². The summed E-state index contributed by atoms with van der Waals surface area (Å²) < 4.78 is 2.02. The number of hydrogen-bond donors (Lipinski definition) is 3. The summed E-state index contributed by atoms with van der Waals surface area (Å²) in [7, 11) is 2.24. The zero-order valence-electron chi connectivity index (χ0n) is 17.8. The molecule has 2 fully saturated rings. The normalized spacial score (nSPS) is 23.8. The first-order chi connectivity index (χ1) is 14.6. The first-order valence-electron chi connectivity index (χ1n) is 11.2. The number of pyridine rings is 1. The number of aromatic amines is 1. The van der Waals surface area contributed by atoms with E-state index >= 15 is 0 Å². The molecule has 3 heterocycles. The summed E-state index contributed by atoms with van der Waals surface area (Å²) in [6, 6.07) is 8.47. The highest BCUT2D eigenvalue weighted by atomic mass is 16.1. The Balaban J connectivity index is 1.63. The average molecular weight is 410 g/mol. The summed E-state index contributed by atoms with van der Waals surface area (Å²) in [6.07, 6.45) is 4.66. The van der Waals surface area contributed by atoms with Crippen molar-refractivity contribution in [2.45, 2.75) is 44.7 Å². The van der Waals surface area contributed by atoms with Crippen molar-refractivity contribution in [1.29, 1.82) is 0 Å². The summed E-state index contributed by atoms with van der Waals surface area (Å²) in [5, 5.41) is 14.0. The van der Waals surface area contributed by atoms with Crippen LogP contribution in [-0.2, 0) is 0 Å². The summed E-state index contributed by atoms with van der Waals surface area (Å²) in [6.45, 7) is 6.21. The van der Waals surface area contributed by atoms with E-state index in [0.717, 1.165) is 66.9 Å². The molecule has 8 nitrogen and oxygen atoms in total. The van der Waals surface area contributed by atoms with Crippen LogP contribution in [0.15, 0.2) is 29.1 Å². The van der Waals surface area contributed by atoms with Gasteiger partial charge in [0, 0.05) is 5.52 Å². The highest BCUT2D eigenvalue weighted by Gasteiger charge is 2.38. The van der Waals surface area contributed by atoms with Crippen LogP contribution >= 0.6 is 0 Å². The van der Waals surface area contributed by atoms with Crippen molar-refractivity contribution in [3.05, 3.63) is 51.6 Å². The number of hydrogen-bond acceptors (Lipinski definition) is 4. The van der Waals surface area contributed by atoms with E-state index in [1.54, 1.807) is 0 Å². The van der Waals surface area contributed by atoms with Crippen molar-refractivity contribution in [3.63, 3.8) is 0 Å². The number of aromatic nitrogens is 5. The van der Waals surface area contributed by atoms with Crippen LogP contribution < -0.4 is 15.4 Å². The number of quaternary nitrogens is 2. The van der Waals surface area contributed by atoms with Crippen LogP contribution in [0.25, 0.3) is 10.9 Å². The molecule has 3 aromatic rings. The Labute approximate surface area is 175 Å². The van der Waals surface area contributed by atoms with E-state index in [9.17, 15) is 4.79 Å². The molecule has 8 heteroatoms. The molecule has 5 rings (SSSR count). The number of rotatable bonds is 4. The molecular formula is C22H31N7O+2. The number of nitrogens with one attached hydrogen (secondary N) is 3. The molecule has 1 aliphatic carbocycles. The number of nitrogens with zero attached hydrogens (tertiary/aromatic N) is 4. The Morgan fingerprint density at radius 3 is 2.67 bits per heavy atom. The van der Waals surface area contributed by atoms with Gasteiger partial charge in [0.1, 0.15) is 26.2 Å². The molecule has 1 aromatic carbocycles. The minimum atomic E-state index is -0.150. The molecule has 0 bridgehead atoms. The van der Waals surface area contributed by atoms with Gasteiger partial charge in [-0.2, -0.15) is 0 Å². The van der Waals surface area contributed by atoms with Crippen LogP contribution in [0.5, 0.6) is 0 Å². The zero-order valence-corrected chi connectivity index (χ0v) is 17.8. The molecule has 1 saturated carbocycles. The van der Waals surface area contributed by atoms with Crippen LogP contribution in [0.1, 0.15) is 54.7 Å². The molecule has 1 saturated heterocycles. The molecule has 0 spiro atoms. The van der Waals surface area contributed by atoms with Gasteiger partial charge in [-0.1, -0.05) is 25.0 Å². The van der Waals surface area contributed by atoms with Crippen LogP contribution in [0.3, 0.4) is 0 Å². The second kappa shape index (κ2) is 7.92. The van der Waals surface area contributed by atoms with Gasteiger partial charge in [-0.15, -0.1) is 5.10 Å². The van der Waals surface area contributed by atoms with Gasteiger partial charge in [0.25, 0.3) is 5.56 Å². The Morgan fingerprint density at radius 2 is 1.90 bits per heavy atom. The van der Waals surface area contributed by atoms with E-state index in [-0.39, 0.29) is 11.6 Å². The van der Waals surface area contributed by atoms with Crippen molar-refractivity contribution in [2.24, 2.45) is 0 Å². The fourth-order valence-electron chi connectivity index (χ4n) is 5.17. The Morgan fingerprint density at radius 1 is 1.13 bits per heavy atom. The third-order valence-corrected chi connectivity index (χ3v) is 6.94. The Hall–Kier alpha value is -2.58. The molecule has 2 aromatic heterocycles. The number of H-pyrrole nitrogens is 1. The lowest BCUT2D eigenvalue weighted by Crippen LogP contribution is -3.27. The maximum Gasteiger partial charge on any atom is 0.258 e. The van der Waals surface area contributed by atoms with E-state index in [4.69, 9.17) is 0 Å². The second-order valence-corrected chi connectivity index (χ2v) is 9.11. The zero-order chi connectivity index (χ0) is 20.7. The van der Waals surface area contributed by atoms with Gasteiger partial charge in [0.2, 0.25) is 5.82 Å². The molecule has 1 aliphatic heterocycles. The van der Waals surface area contributed by atoms with Gasteiger partial charge >= 0.3 is 0 Å². The number of piperazine rings is 1. The predicted octanol–water partition coefficient (Wildman–Crippen LogP) is -0.559. The lowest BCUT2D eigenvalue weighted by Gasteiger charge is -2.33. The number of aryl methyl sites for hydroxylation is 1. The van der Waals surface area contributed by atoms with Gasteiger partial charge < -0.3 is 14.8 Å². The third-order valence-electron chi connectivity index (χ3n) is 6.94. The quantitative estimate of drug-likeness (QED) is 0.539. The maximum atomic E-state index is 13.3. The van der Waals surface area contributed by atoms with Crippen LogP contribution in [0.2, 0.25) is 0 Å². The summed E-state index contributed by atoms with van der Waals surface area (Å²) >= 11 is 0. The Kier molecular flexibility index (Phi) is 5.12. The molecule has 158 valence electrons. The number of tetrazole rings is 1. The fraction of sp³-hybridized carbons (Fsp3) is 0.545. The number of likely N-dealkylation sites (N-methyl/N-ethyl adjacent to an activating group) is 1. The van der Waals surface area contributed by atoms with Gasteiger partial charge in [0.15, 0.2) is 6.04 Å². The first-order valence-corrected chi connectivity index (χ1v) is 11.2. The minimum Gasteiger partial charge on any atom is -0.328 e. The maximum absolute atomic E-state index is 13.3. The van der Waals surface area contributed by atoms with E-state index in [1.165, 1.54) is 22.6 Å². The number of fused-ring (bicyclic) bond motifs is 1. The van der Waals surface area contributed by atoms with Crippen molar-refractivity contribution in [3.8, 4) is 0 Å². The van der Waals surface area contributed by atoms with Crippen molar-refractivity contribution >= 4 is 10.9 Å². The molecule has 30 heavy (non-hydrogen) atoms. The standard InChI is InChI=1S/C22H29N7O/c1-15-7-8-16-14-18(22(30)23-19(16)13-15)20(28-11-9-27(2)10-12-28)21-24-25-26-29(21)17-5-3-4-6-17/h7-8,13-14,17,20H,3-6,9-12H2,1-2H3,(H,23,30)/p+2/t20-/m0/s1. The van der Waals surface area contributed by atoms with Crippen LogP contribution in [-0.4, -0.2) is 58.4 Å². The average Bonchev–Trinajstić information content (AvgIpc) is 3.42. The highest BCUT2D eigenvalue weighted by molar-refractivity contribution is 5.79. The third kappa shape index (κ3) is 3.54. The molecular weight excluding hydrogens is 378 g/mol. The van der Waals surface area contributed by atoms with Gasteiger partial charge in [-0.05, 0) is 53.3 Å². The minimum absolute atomic E-state index is 0.0298. The second-order valence-electron chi connectivity index (χ2n) is 9.11. The topological polar surface area (TPSA) is 85.3 Å². The first kappa shape index (κ1) is 19.4. The monoisotopic (exact) mass is 409 g/mol. The molecule has 3 N–H and O–H groups in total. The highest BCUT2D eigenvalue weighted by Crippen LogP contribution is 2.31. The molecule has 0 amide bonds. The van der Waals surface area contributed by atoms with Crippen molar-refractivity contribution < 1.29 is 9.80 Å². The molecule has 0 radical (unpaired) electrons. The van der Waals surface area contributed by atoms with Gasteiger partial charge in [-0.3, -0.25) is 4.79 Å². The van der Waals surface area contributed by atoms with Crippen molar-refractivity contribution in [1.82, 2.24) is 25.2 Å². The van der Waals surface area contributed by atoms with E-state index in [0.29, 0.717) is 6.04 Å². The SMILES string of the molecule is Cc1ccc2cc([C@@H](c3nnnn3C3CCCC3)[NH+]3CC[NH+](C)CC3)c(=O)[nH]c2c1. The smallest absolute Gasteiger partial charge is 0.258 e. The lowest BCUT2D eigenvalue weighted by atomic mass is 10.0. The van der Waals surface area contributed by atoms with Gasteiger partial charge in [0.05, 0.1) is 18.7 Å². The van der Waals surface area contributed by atoms with E-state index in [2.05, 4.69) is 45.8 Å². The van der Waals surface area contributed by atoms with Crippen molar-refractivity contribution in [2.75, 3.05) is 33.2 Å². The fourth-order valence-corrected chi connectivity index (χ4v) is 5.17. The Bertz CT molecular complexity index is 1090. The molecule has 1 atom stereocenters. The number of benzene rings is 1. The lowest BCUT2D eigenvalue weighted by molar-refractivity contribution is -1.02. The predicted molar refractivity (Wildman–Crippen MR) is 114 cm³/mol. The van der Waals surface area contributed by atoms with E-state index < -0.39 is 0 Å². The van der Waals surface area contributed by atoms with E-state index in [1.807, 2.05) is 17.7 Å². The molecule has 0 unspecified atom stereocenters. The van der Waals surface area contributed by atoms with Gasteiger partial charge in [-0.25, -0.2) is 4.68 Å². The molecule has 2 aliphatic rings. The summed E-state index contributed by atoms with van der Waals surface area (Å²) in [5.41, 5.74) is 2.77. The summed E-state index contributed by atoms with van der Waals surface area (Å²) in [5.74, 6) is 0.841. The van der Waals surface area contributed by atoms with Crippen LogP contribution in [0.4, 0.5) is 0 Å². The summed E-state index contributed by atoms with van der Waals surface area (Å²) in [4.78, 5) is 19.3. The largest absolute Gasteiger partial charge is 0.328 e.